The Morgan fingerprint density at radius 2 is 1.89 bits per heavy atom. The van der Waals surface area contributed by atoms with E-state index in [0.717, 1.165) is 18.5 Å². The second kappa shape index (κ2) is 5.35. The summed E-state index contributed by atoms with van der Waals surface area (Å²) < 4.78 is 1.19. The van der Waals surface area contributed by atoms with E-state index in [4.69, 9.17) is 23.2 Å². The van der Waals surface area contributed by atoms with Crippen LogP contribution in [0, 0.1) is 0 Å². The Morgan fingerprint density at radius 3 is 2.74 bits per heavy atom. The molecule has 0 amide bonds. The number of anilines is 1. The van der Waals surface area contributed by atoms with Gasteiger partial charge in [-0.1, -0.05) is 57.3 Å². The highest BCUT2D eigenvalue weighted by Crippen LogP contribution is 2.39. The van der Waals surface area contributed by atoms with Crippen molar-refractivity contribution >= 4 is 44.8 Å². The lowest BCUT2D eigenvalue weighted by atomic mass is 10.1. The molecule has 0 fully saturated rings. The van der Waals surface area contributed by atoms with Crippen molar-refractivity contribution in [3.63, 3.8) is 0 Å². The Bertz CT molecular complexity index is 628. The molecule has 0 aromatic heterocycles. The highest BCUT2D eigenvalue weighted by Gasteiger charge is 2.24. The maximum Gasteiger partial charge on any atom is 0.0823 e. The SMILES string of the molecule is Clc1cccc(NC2CCc3c(Br)cccc32)c1Cl. The van der Waals surface area contributed by atoms with E-state index in [-0.39, 0.29) is 0 Å². The lowest BCUT2D eigenvalue weighted by Gasteiger charge is -2.17. The number of rotatable bonds is 2. The molecule has 0 heterocycles. The van der Waals surface area contributed by atoms with E-state index in [1.165, 1.54) is 15.6 Å². The van der Waals surface area contributed by atoms with Crippen LogP contribution in [0.25, 0.3) is 0 Å². The Hall–Kier alpha value is -0.700. The van der Waals surface area contributed by atoms with Crippen LogP contribution in [-0.2, 0) is 6.42 Å². The highest BCUT2D eigenvalue weighted by atomic mass is 79.9. The molecule has 2 aromatic rings. The summed E-state index contributed by atoms with van der Waals surface area (Å²) in [6.07, 6.45) is 2.15. The van der Waals surface area contributed by atoms with Crippen molar-refractivity contribution in [1.82, 2.24) is 0 Å². The molecule has 1 nitrogen and oxygen atoms in total. The van der Waals surface area contributed by atoms with Gasteiger partial charge in [0.15, 0.2) is 0 Å². The third-order valence-corrected chi connectivity index (χ3v) is 5.06. The first-order valence-corrected chi connectivity index (χ1v) is 7.69. The van der Waals surface area contributed by atoms with E-state index < -0.39 is 0 Å². The zero-order chi connectivity index (χ0) is 13.4. The summed E-state index contributed by atoms with van der Waals surface area (Å²) in [5.41, 5.74) is 3.62. The predicted octanol–water partition coefficient (Wildman–Crippen LogP) is 5.86. The van der Waals surface area contributed by atoms with Crippen molar-refractivity contribution in [2.75, 3.05) is 5.32 Å². The minimum absolute atomic E-state index is 0.295. The standard InChI is InChI=1S/C15H12BrCl2N/c16-11-4-1-3-10-9(11)7-8-13(10)19-14-6-2-5-12(17)15(14)18/h1-6,13,19H,7-8H2. The van der Waals surface area contributed by atoms with Crippen LogP contribution in [0.5, 0.6) is 0 Å². The predicted molar refractivity (Wildman–Crippen MR) is 85.3 cm³/mol. The van der Waals surface area contributed by atoms with Gasteiger partial charge in [-0.05, 0) is 42.2 Å². The van der Waals surface area contributed by atoms with Gasteiger partial charge in [0, 0.05) is 4.47 Å². The monoisotopic (exact) mass is 355 g/mol. The van der Waals surface area contributed by atoms with Crippen molar-refractivity contribution in [3.8, 4) is 0 Å². The molecule has 1 N–H and O–H groups in total. The van der Waals surface area contributed by atoms with Gasteiger partial charge in [0.2, 0.25) is 0 Å². The molecule has 1 aliphatic carbocycles. The molecule has 0 saturated heterocycles. The van der Waals surface area contributed by atoms with Crippen molar-refractivity contribution in [2.45, 2.75) is 18.9 Å². The second-order valence-electron chi connectivity index (χ2n) is 4.64. The number of hydrogen-bond donors (Lipinski definition) is 1. The molecule has 0 bridgehead atoms. The summed E-state index contributed by atoms with van der Waals surface area (Å²) in [6.45, 7) is 0. The zero-order valence-electron chi connectivity index (χ0n) is 10.1. The summed E-state index contributed by atoms with van der Waals surface area (Å²) in [6, 6.07) is 12.3. The Labute approximate surface area is 131 Å². The summed E-state index contributed by atoms with van der Waals surface area (Å²) in [5, 5.41) is 4.67. The largest absolute Gasteiger partial charge is 0.377 e. The first kappa shape index (κ1) is 13.3. The van der Waals surface area contributed by atoms with E-state index in [0.29, 0.717) is 16.1 Å². The highest BCUT2D eigenvalue weighted by molar-refractivity contribution is 9.10. The van der Waals surface area contributed by atoms with Crippen LogP contribution in [-0.4, -0.2) is 0 Å². The molecule has 19 heavy (non-hydrogen) atoms. The molecule has 0 saturated carbocycles. The Morgan fingerprint density at radius 1 is 1.11 bits per heavy atom. The van der Waals surface area contributed by atoms with Crippen molar-refractivity contribution in [3.05, 3.63) is 62.0 Å². The van der Waals surface area contributed by atoms with E-state index in [1.54, 1.807) is 6.07 Å². The molecule has 0 aliphatic heterocycles. The minimum Gasteiger partial charge on any atom is -0.377 e. The second-order valence-corrected chi connectivity index (χ2v) is 6.28. The smallest absolute Gasteiger partial charge is 0.0823 e. The lowest BCUT2D eigenvalue weighted by molar-refractivity contribution is 0.762. The molecule has 4 heteroatoms. The molecule has 1 atom stereocenters. The van der Waals surface area contributed by atoms with E-state index in [2.05, 4.69) is 39.4 Å². The van der Waals surface area contributed by atoms with Crippen LogP contribution < -0.4 is 5.32 Å². The summed E-state index contributed by atoms with van der Waals surface area (Å²) >= 11 is 15.9. The third-order valence-electron chi connectivity index (χ3n) is 3.49. The van der Waals surface area contributed by atoms with Crippen LogP contribution in [0.4, 0.5) is 5.69 Å². The average molecular weight is 357 g/mol. The number of halogens is 3. The van der Waals surface area contributed by atoms with Crippen molar-refractivity contribution < 1.29 is 0 Å². The molecule has 3 rings (SSSR count). The van der Waals surface area contributed by atoms with Crippen molar-refractivity contribution in [1.29, 1.82) is 0 Å². The van der Waals surface area contributed by atoms with Gasteiger partial charge in [-0.3, -0.25) is 0 Å². The molecule has 0 spiro atoms. The molecule has 0 radical (unpaired) electrons. The van der Waals surface area contributed by atoms with E-state index >= 15 is 0 Å². The normalized spacial score (nSPS) is 17.3. The van der Waals surface area contributed by atoms with Gasteiger partial charge >= 0.3 is 0 Å². The topological polar surface area (TPSA) is 12.0 Å². The molecular weight excluding hydrogens is 345 g/mol. The summed E-state index contributed by atoms with van der Waals surface area (Å²) in [5.74, 6) is 0. The Balaban J connectivity index is 1.91. The number of hydrogen-bond acceptors (Lipinski definition) is 1. The number of nitrogens with one attached hydrogen (secondary N) is 1. The maximum absolute atomic E-state index is 6.23. The van der Waals surface area contributed by atoms with Crippen LogP contribution in [0.2, 0.25) is 10.0 Å². The zero-order valence-corrected chi connectivity index (χ0v) is 13.2. The first-order chi connectivity index (χ1) is 9.16. The van der Waals surface area contributed by atoms with E-state index in [9.17, 15) is 0 Å². The van der Waals surface area contributed by atoms with Crippen LogP contribution >= 0.6 is 39.1 Å². The van der Waals surface area contributed by atoms with Gasteiger partial charge in [-0.25, -0.2) is 0 Å². The molecule has 1 aliphatic rings. The summed E-state index contributed by atoms with van der Waals surface area (Å²) in [4.78, 5) is 0. The average Bonchev–Trinajstić information content (AvgIpc) is 2.80. The van der Waals surface area contributed by atoms with Crippen molar-refractivity contribution in [2.24, 2.45) is 0 Å². The van der Waals surface area contributed by atoms with Crippen LogP contribution in [0.3, 0.4) is 0 Å². The summed E-state index contributed by atoms with van der Waals surface area (Å²) in [7, 11) is 0. The number of fused-ring (bicyclic) bond motifs is 1. The minimum atomic E-state index is 0.295. The first-order valence-electron chi connectivity index (χ1n) is 6.14. The van der Waals surface area contributed by atoms with Gasteiger partial charge < -0.3 is 5.32 Å². The van der Waals surface area contributed by atoms with Gasteiger partial charge in [0.05, 0.1) is 21.8 Å². The maximum atomic E-state index is 6.23. The molecular formula is C15H12BrCl2N. The lowest BCUT2D eigenvalue weighted by Crippen LogP contribution is -2.07. The van der Waals surface area contributed by atoms with Gasteiger partial charge in [-0.2, -0.15) is 0 Å². The molecule has 98 valence electrons. The Kier molecular flexibility index (Phi) is 3.75. The quantitative estimate of drug-likeness (QED) is 0.711. The van der Waals surface area contributed by atoms with Crippen LogP contribution in [0.15, 0.2) is 40.9 Å². The fraction of sp³-hybridized carbons (Fsp3) is 0.200. The molecule has 2 aromatic carbocycles. The van der Waals surface area contributed by atoms with Crippen LogP contribution in [0.1, 0.15) is 23.6 Å². The third kappa shape index (κ3) is 2.49. The van der Waals surface area contributed by atoms with E-state index in [1.807, 2.05) is 12.1 Å². The van der Waals surface area contributed by atoms with Gasteiger partial charge in [0.25, 0.3) is 0 Å². The fourth-order valence-corrected chi connectivity index (χ4v) is 3.50. The number of benzene rings is 2. The van der Waals surface area contributed by atoms with Gasteiger partial charge in [-0.15, -0.1) is 0 Å². The molecule has 1 unspecified atom stereocenters. The fourth-order valence-electron chi connectivity index (χ4n) is 2.56. The van der Waals surface area contributed by atoms with Gasteiger partial charge in [0.1, 0.15) is 0 Å².